The normalized spacial score (nSPS) is 10.9. The van der Waals surface area contributed by atoms with Crippen LogP contribution in [0.4, 0.5) is 0 Å². The van der Waals surface area contributed by atoms with E-state index < -0.39 is 0 Å². The van der Waals surface area contributed by atoms with Gasteiger partial charge in [-0.25, -0.2) is 0 Å². The maximum absolute atomic E-state index is 10.2. The van der Waals surface area contributed by atoms with E-state index >= 15 is 0 Å². The Bertz CT molecular complexity index is 137. The number of hydrogen-bond donors (Lipinski definition) is 2. The highest BCUT2D eigenvalue weighted by Crippen LogP contribution is 1.86. The van der Waals surface area contributed by atoms with E-state index in [0.717, 1.165) is 6.21 Å². The minimum atomic E-state index is -0.303. The second-order valence-corrected chi connectivity index (χ2v) is 1.28. The maximum Gasteiger partial charge on any atom is 0.164 e. The second kappa shape index (κ2) is 2.96. The summed E-state index contributed by atoms with van der Waals surface area (Å²) in [6, 6.07) is 0. The van der Waals surface area contributed by atoms with E-state index in [1.807, 2.05) is 0 Å². The smallest absolute Gasteiger partial charge is 0.164 e. The fourth-order valence-corrected chi connectivity index (χ4v) is 0.230. The van der Waals surface area contributed by atoms with E-state index in [0.29, 0.717) is 6.26 Å². The zero-order valence-corrected chi connectivity index (χ0v) is 4.51. The molecule has 0 amide bonds. The Balaban J connectivity index is 4.13. The number of Topliss-reactive ketones (excluding diaryl/α,β-unsaturated/α-hetero) is 1. The second-order valence-electron chi connectivity index (χ2n) is 1.28. The summed E-state index contributed by atoms with van der Waals surface area (Å²) in [7, 11) is 0. The Labute approximate surface area is 47.2 Å². The van der Waals surface area contributed by atoms with Crippen LogP contribution in [0.15, 0.2) is 11.8 Å². The van der Waals surface area contributed by atoms with Crippen LogP contribution >= 0.6 is 0 Å². The molecule has 0 aromatic heterocycles. The average molecular weight is 113 g/mol. The average Bonchev–Trinajstić information content (AvgIpc) is 1.69. The molecule has 0 aromatic rings. The van der Waals surface area contributed by atoms with E-state index in [4.69, 9.17) is 10.5 Å². The van der Waals surface area contributed by atoms with Gasteiger partial charge in [-0.2, -0.15) is 0 Å². The molecule has 0 bridgehead atoms. The molecule has 0 atom stereocenters. The Morgan fingerprint density at radius 3 is 2.25 bits per heavy atom. The molecular weight excluding hydrogens is 106 g/mol. The molecule has 44 valence electrons. The lowest BCUT2D eigenvalue weighted by molar-refractivity contribution is -0.113. The first kappa shape index (κ1) is 6.88. The Kier molecular flexibility index (Phi) is 2.54. The molecule has 0 spiro atoms. The lowest BCUT2D eigenvalue weighted by atomic mass is 10.2. The van der Waals surface area contributed by atoms with E-state index in [-0.39, 0.29) is 11.4 Å². The fraction of sp³-hybridized carbons (Fsp3) is 0.200. The number of rotatable bonds is 2. The standard InChI is InChI=1S/C5H7NO2/c1-4(8)5(2-6)3-7/h2-3,6-7H,1H3. The lowest BCUT2D eigenvalue weighted by Crippen LogP contribution is -1.95. The van der Waals surface area contributed by atoms with Crippen molar-refractivity contribution in [2.75, 3.05) is 0 Å². The van der Waals surface area contributed by atoms with E-state index in [9.17, 15) is 4.79 Å². The molecule has 0 aliphatic carbocycles. The van der Waals surface area contributed by atoms with Crippen LogP contribution in [-0.4, -0.2) is 17.1 Å². The number of hydrogen-bond acceptors (Lipinski definition) is 3. The van der Waals surface area contributed by atoms with Crippen LogP contribution in [0.3, 0.4) is 0 Å². The van der Waals surface area contributed by atoms with Crippen LogP contribution in [0, 0.1) is 5.41 Å². The van der Waals surface area contributed by atoms with E-state index in [2.05, 4.69) is 0 Å². The first-order valence-electron chi connectivity index (χ1n) is 2.08. The van der Waals surface area contributed by atoms with Crippen molar-refractivity contribution in [2.24, 2.45) is 0 Å². The predicted molar refractivity (Wildman–Crippen MR) is 30.2 cm³/mol. The van der Waals surface area contributed by atoms with Crippen molar-refractivity contribution in [1.29, 1.82) is 5.41 Å². The third-order valence-electron chi connectivity index (χ3n) is 0.701. The highest BCUT2D eigenvalue weighted by molar-refractivity contribution is 6.10. The van der Waals surface area contributed by atoms with Crippen LogP contribution < -0.4 is 0 Å². The molecule has 0 heterocycles. The molecule has 0 unspecified atom stereocenters. The zero-order chi connectivity index (χ0) is 6.57. The third-order valence-corrected chi connectivity index (χ3v) is 0.701. The van der Waals surface area contributed by atoms with Gasteiger partial charge in [0.15, 0.2) is 5.78 Å². The number of ketones is 1. The van der Waals surface area contributed by atoms with E-state index in [1.165, 1.54) is 6.92 Å². The van der Waals surface area contributed by atoms with Crippen molar-refractivity contribution in [3.8, 4) is 0 Å². The van der Waals surface area contributed by atoms with Gasteiger partial charge in [-0.15, -0.1) is 0 Å². The van der Waals surface area contributed by atoms with Crippen LogP contribution in [0.25, 0.3) is 0 Å². The van der Waals surface area contributed by atoms with Crippen LogP contribution in [0.2, 0.25) is 0 Å². The Morgan fingerprint density at radius 1 is 1.75 bits per heavy atom. The highest BCUT2D eigenvalue weighted by Gasteiger charge is 1.95. The van der Waals surface area contributed by atoms with Gasteiger partial charge in [0, 0.05) is 6.21 Å². The summed E-state index contributed by atoms with van der Waals surface area (Å²) < 4.78 is 0. The molecule has 0 fully saturated rings. The minimum absolute atomic E-state index is 0.0185. The van der Waals surface area contributed by atoms with Gasteiger partial charge in [0.1, 0.15) is 0 Å². The van der Waals surface area contributed by atoms with Crippen LogP contribution in [0.5, 0.6) is 0 Å². The fourth-order valence-electron chi connectivity index (χ4n) is 0.230. The van der Waals surface area contributed by atoms with Gasteiger partial charge >= 0.3 is 0 Å². The van der Waals surface area contributed by atoms with Crippen molar-refractivity contribution in [3.63, 3.8) is 0 Å². The zero-order valence-electron chi connectivity index (χ0n) is 4.51. The Hall–Kier alpha value is -1.12. The first-order valence-corrected chi connectivity index (χ1v) is 2.08. The number of carbonyl (C=O) groups is 1. The van der Waals surface area contributed by atoms with Crippen molar-refractivity contribution >= 4 is 12.0 Å². The summed E-state index contributed by atoms with van der Waals surface area (Å²) in [6.07, 6.45) is 1.43. The molecule has 0 rings (SSSR count). The molecule has 2 N–H and O–H groups in total. The van der Waals surface area contributed by atoms with Crippen LogP contribution in [0.1, 0.15) is 6.92 Å². The summed E-state index contributed by atoms with van der Waals surface area (Å²) in [5.74, 6) is -0.303. The van der Waals surface area contributed by atoms with Gasteiger partial charge < -0.3 is 10.5 Å². The summed E-state index contributed by atoms with van der Waals surface area (Å²) in [5.41, 5.74) is 0.0185. The Morgan fingerprint density at radius 2 is 2.25 bits per heavy atom. The molecule has 0 radical (unpaired) electrons. The van der Waals surface area contributed by atoms with Gasteiger partial charge in [-0.3, -0.25) is 4.79 Å². The summed E-state index contributed by atoms with van der Waals surface area (Å²) >= 11 is 0. The summed E-state index contributed by atoms with van der Waals surface area (Å²) in [4.78, 5) is 10.2. The molecule has 3 nitrogen and oxygen atoms in total. The molecular formula is C5H7NO2. The number of carbonyl (C=O) groups excluding carboxylic acids is 1. The number of nitrogens with one attached hydrogen (secondary N) is 1. The van der Waals surface area contributed by atoms with Gasteiger partial charge in [0.05, 0.1) is 11.8 Å². The number of aliphatic hydroxyl groups is 1. The van der Waals surface area contributed by atoms with E-state index in [1.54, 1.807) is 0 Å². The van der Waals surface area contributed by atoms with Crippen LogP contribution in [-0.2, 0) is 4.79 Å². The molecule has 0 saturated heterocycles. The van der Waals surface area contributed by atoms with Crippen molar-refractivity contribution < 1.29 is 9.90 Å². The predicted octanol–water partition coefficient (Wildman–Crippen LogP) is 0.667. The van der Waals surface area contributed by atoms with Gasteiger partial charge in [0.2, 0.25) is 0 Å². The van der Waals surface area contributed by atoms with Gasteiger partial charge in [-0.05, 0) is 6.92 Å². The maximum atomic E-state index is 10.2. The number of aliphatic hydroxyl groups excluding tert-OH is 1. The van der Waals surface area contributed by atoms with Crippen molar-refractivity contribution in [3.05, 3.63) is 11.8 Å². The van der Waals surface area contributed by atoms with Gasteiger partial charge in [0.25, 0.3) is 0 Å². The summed E-state index contributed by atoms with van der Waals surface area (Å²) in [5, 5.41) is 14.7. The number of allylic oxidation sites excluding steroid dienone is 1. The minimum Gasteiger partial charge on any atom is -0.515 e. The molecule has 0 aliphatic rings. The molecule has 8 heavy (non-hydrogen) atoms. The third kappa shape index (κ3) is 1.55. The quantitative estimate of drug-likeness (QED) is 0.314. The van der Waals surface area contributed by atoms with Gasteiger partial charge in [-0.1, -0.05) is 0 Å². The molecule has 0 aromatic carbocycles. The molecule has 0 aliphatic heterocycles. The lowest BCUT2D eigenvalue weighted by Gasteiger charge is -1.85. The molecule has 0 saturated carbocycles. The highest BCUT2D eigenvalue weighted by atomic mass is 16.2. The topological polar surface area (TPSA) is 61.2 Å². The van der Waals surface area contributed by atoms with Crippen molar-refractivity contribution in [1.82, 2.24) is 0 Å². The monoisotopic (exact) mass is 113 g/mol. The summed E-state index contributed by atoms with van der Waals surface area (Å²) in [6.45, 7) is 1.28. The molecule has 3 heteroatoms. The SMILES string of the molecule is CC(=O)C(C=N)=CO. The largest absolute Gasteiger partial charge is 0.515 e. The van der Waals surface area contributed by atoms with Crippen molar-refractivity contribution in [2.45, 2.75) is 6.92 Å². The first-order chi connectivity index (χ1) is 3.72.